The van der Waals surface area contributed by atoms with Crippen molar-refractivity contribution in [3.8, 4) is 0 Å². The van der Waals surface area contributed by atoms with Gasteiger partial charge in [0.25, 0.3) is 0 Å². The van der Waals surface area contributed by atoms with E-state index in [1.807, 2.05) is 30.3 Å². The lowest BCUT2D eigenvalue weighted by Gasteiger charge is -2.22. The van der Waals surface area contributed by atoms with Crippen molar-refractivity contribution in [2.24, 2.45) is 0 Å². The first-order chi connectivity index (χ1) is 9.15. The van der Waals surface area contributed by atoms with Crippen molar-refractivity contribution >= 4 is 29.5 Å². The fourth-order valence-electron chi connectivity index (χ4n) is 1.67. The number of aliphatic carboxylic acids is 1. The highest BCUT2D eigenvalue weighted by atomic mass is 32.2. The van der Waals surface area contributed by atoms with E-state index in [9.17, 15) is 9.90 Å². The van der Waals surface area contributed by atoms with Crippen LogP contribution in [0.5, 0.6) is 0 Å². The van der Waals surface area contributed by atoms with Gasteiger partial charge in [-0.3, -0.25) is 4.79 Å². The number of hydrogen-bond acceptors (Lipinski definition) is 4. The molecule has 0 radical (unpaired) electrons. The number of hydrogen-bond donors (Lipinski definition) is 2. The minimum absolute atomic E-state index is 0.0162. The molecule has 0 bridgehead atoms. The Labute approximate surface area is 122 Å². The van der Waals surface area contributed by atoms with Crippen LogP contribution in [0.2, 0.25) is 0 Å². The van der Waals surface area contributed by atoms with Gasteiger partial charge in [0, 0.05) is 5.75 Å². The first kappa shape index (κ1) is 16.4. The Bertz CT molecular complexity index is 370. The second-order valence-corrected chi connectivity index (χ2v) is 6.46. The van der Waals surface area contributed by atoms with Gasteiger partial charge in [-0.2, -0.15) is 11.8 Å². The summed E-state index contributed by atoms with van der Waals surface area (Å²) in [6.45, 7) is 2.11. The second-order valence-electron chi connectivity index (χ2n) is 4.18. The van der Waals surface area contributed by atoms with Crippen molar-refractivity contribution in [3.63, 3.8) is 0 Å². The molecule has 0 heterocycles. The van der Waals surface area contributed by atoms with Crippen molar-refractivity contribution in [3.05, 3.63) is 35.9 Å². The Balaban J connectivity index is 2.60. The molecule has 1 aromatic carbocycles. The molecule has 0 aliphatic carbocycles. The average Bonchev–Trinajstić information content (AvgIpc) is 2.40. The van der Waals surface area contributed by atoms with Crippen LogP contribution in [-0.4, -0.2) is 39.5 Å². The van der Waals surface area contributed by atoms with E-state index >= 15 is 0 Å². The molecule has 19 heavy (non-hydrogen) atoms. The largest absolute Gasteiger partial charge is 0.481 e. The number of benzene rings is 1. The van der Waals surface area contributed by atoms with Crippen molar-refractivity contribution in [1.82, 2.24) is 0 Å². The highest BCUT2D eigenvalue weighted by Gasteiger charge is 2.21. The van der Waals surface area contributed by atoms with Crippen LogP contribution in [0.25, 0.3) is 0 Å². The smallest absolute Gasteiger partial charge is 0.313 e. The number of carboxylic acids is 1. The fourth-order valence-corrected chi connectivity index (χ4v) is 3.68. The molecule has 2 unspecified atom stereocenters. The summed E-state index contributed by atoms with van der Waals surface area (Å²) in [4.78, 5) is 10.5. The Morgan fingerprint density at radius 1 is 1.32 bits per heavy atom. The molecular formula is C14H20O3S2. The molecule has 0 aliphatic heterocycles. The van der Waals surface area contributed by atoms with Gasteiger partial charge in [0.15, 0.2) is 0 Å². The van der Waals surface area contributed by atoms with Gasteiger partial charge in [0.05, 0.1) is 17.1 Å². The van der Waals surface area contributed by atoms with Gasteiger partial charge >= 0.3 is 5.97 Å². The number of aliphatic hydroxyl groups is 1. The molecule has 5 heteroatoms. The third kappa shape index (κ3) is 6.36. The zero-order chi connectivity index (χ0) is 14.1. The molecule has 0 spiro atoms. The van der Waals surface area contributed by atoms with E-state index in [0.717, 1.165) is 17.7 Å². The van der Waals surface area contributed by atoms with Gasteiger partial charge in [0.1, 0.15) is 0 Å². The molecule has 0 fully saturated rings. The highest BCUT2D eigenvalue weighted by Crippen LogP contribution is 2.33. The summed E-state index contributed by atoms with van der Waals surface area (Å²) in [6, 6.07) is 9.91. The van der Waals surface area contributed by atoms with E-state index < -0.39 is 12.1 Å². The normalized spacial score (nSPS) is 14.0. The Morgan fingerprint density at radius 3 is 2.58 bits per heavy atom. The number of carboxylic acid groups (broad SMARTS) is 1. The Hall–Kier alpha value is -0.650. The summed E-state index contributed by atoms with van der Waals surface area (Å²) >= 11 is 2.99. The topological polar surface area (TPSA) is 57.5 Å². The predicted molar refractivity (Wildman–Crippen MR) is 82.9 cm³/mol. The van der Waals surface area contributed by atoms with Crippen molar-refractivity contribution in [1.29, 1.82) is 0 Å². The Morgan fingerprint density at radius 2 is 2.00 bits per heavy atom. The lowest BCUT2D eigenvalue weighted by atomic mass is 10.1. The molecule has 0 aromatic heterocycles. The molecule has 0 aliphatic rings. The standard InChI is InChI=1S/C14H20O3S2/c1-2-8-19-14(11-6-4-3-5-7-11)12(15)9-18-10-13(16)17/h3-7,12,14-15H,2,8-10H2,1H3,(H,16,17). The average molecular weight is 300 g/mol. The summed E-state index contributed by atoms with van der Waals surface area (Å²) in [5, 5.41) is 18.9. The maximum absolute atomic E-state index is 10.5. The van der Waals surface area contributed by atoms with Crippen molar-refractivity contribution in [2.45, 2.75) is 24.7 Å². The quantitative estimate of drug-likeness (QED) is 0.734. The van der Waals surface area contributed by atoms with E-state index in [-0.39, 0.29) is 11.0 Å². The monoisotopic (exact) mass is 300 g/mol. The molecule has 1 rings (SSSR count). The van der Waals surface area contributed by atoms with Gasteiger partial charge in [-0.1, -0.05) is 37.3 Å². The zero-order valence-electron chi connectivity index (χ0n) is 11.0. The van der Waals surface area contributed by atoms with Gasteiger partial charge in [-0.25, -0.2) is 0 Å². The maximum atomic E-state index is 10.5. The molecule has 0 amide bonds. The lowest BCUT2D eigenvalue weighted by Crippen LogP contribution is -2.20. The molecule has 2 atom stereocenters. The van der Waals surface area contributed by atoms with Crippen LogP contribution in [0.1, 0.15) is 24.2 Å². The maximum Gasteiger partial charge on any atom is 0.313 e. The van der Waals surface area contributed by atoms with E-state index in [0.29, 0.717) is 5.75 Å². The van der Waals surface area contributed by atoms with Gasteiger partial charge in [-0.05, 0) is 17.7 Å². The minimum Gasteiger partial charge on any atom is -0.481 e. The molecule has 1 aromatic rings. The van der Waals surface area contributed by atoms with E-state index in [4.69, 9.17) is 5.11 Å². The number of rotatable bonds is 9. The van der Waals surface area contributed by atoms with Gasteiger partial charge in [-0.15, -0.1) is 11.8 Å². The van der Waals surface area contributed by atoms with Gasteiger partial charge in [0.2, 0.25) is 0 Å². The predicted octanol–water partition coefficient (Wildman–Crippen LogP) is 3.05. The first-order valence-corrected chi connectivity index (χ1v) is 8.49. The van der Waals surface area contributed by atoms with Crippen LogP contribution in [-0.2, 0) is 4.79 Å². The summed E-state index contributed by atoms with van der Waals surface area (Å²) in [7, 11) is 0. The zero-order valence-corrected chi connectivity index (χ0v) is 12.6. The summed E-state index contributed by atoms with van der Waals surface area (Å²) in [6.07, 6.45) is 0.534. The number of carbonyl (C=O) groups is 1. The van der Waals surface area contributed by atoms with Crippen LogP contribution in [0, 0.1) is 0 Å². The lowest BCUT2D eigenvalue weighted by molar-refractivity contribution is -0.133. The first-order valence-electron chi connectivity index (χ1n) is 6.29. The summed E-state index contributed by atoms with van der Waals surface area (Å²) in [5.74, 6) is 0.634. The van der Waals surface area contributed by atoms with Crippen molar-refractivity contribution < 1.29 is 15.0 Å². The molecule has 106 valence electrons. The van der Waals surface area contributed by atoms with Crippen LogP contribution < -0.4 is 0 Å². The third-order valence-electron chi connectivity index (χ3n) is 2.49. The summed E-state index contributed by atoms with van der Waals surface area (Å²) in [5.41, 5.74) is 1.10. The highest BCUT2D eigenvalue weighted by molar-refractivity contribution is 8.00. The van der Waals surface area contributed by atoms with Crippen LogP contribution in [0.3, 0.4) is 0 Å². The molecular weight excluding hydrogens is 280 g/mol. The van der Waals surface area contributed by atoms with Gasteiger partial charge < -0.3 is 10.2 Å². The second kappa shape index (κ2) is 9.28. The SMILES string of the molecule is CCCSC(c1ccccc1)C(O)CSCC(=O)O. The minimum atomic E-state index is -0.838. The molecule has 3 nitrogen and oxygen atoms in total. The number of thioether (sulfide) groups is 2. The Kier molecular flexibility index (Phi) is 8.02. The van der Waals surface area contributed by atoms with E-state index in [1.54, 1.807) is 11.8 Å². The van der Waals surface area contributed by atoms with Crippen LogP contribution >= 0.6 is 23.5 Å². The van der Waals surface area contributed by atoms with Crippen LogP contribution in [0.15, 0.2) is 30.3 Å². The molecule has 2 N–H and O–H groups in total. The fraction of sp³-hybridized carbons (Fsp3) is 0.500. The third-order valence-corrected chi connectivity index (χ3v) is 5.11. The van der Waals surface area contributed by atoms with E-state index in [2.05, 4.69) is 6.92 Å². The van der Waals surface area contributed by atoms with E-state index in [1.165, 1.54) is 11.8 Å². The molecule has 0 saturated heterocycles. The number of aliphatic hydroxyl groups excluding tert-OH is 1. The molecule has 0 saturated carbocycles. The summed E-state index contributed by atoms with van der Waals surface area (Å²) < 4.78 is 0. The van der Waals surface area contributed by atoms with Crippen LogP contribution in [0.4, 0.5) is 0 Å². The van der Waals surface area contributed by atoms with Crippen molar-refractivity contribution in [2.75, 3.05) is 17.3 Å².